The topological polar surface area (TPSA) is 60.2 Å². The van der Waals surface area contributed by atoms with E-state index in [4.69, 9.17) is 9.26 Å². The number of hydrogen-bond donors (Lipinski definition) is 1. The Balaban J connectivity index is 1.56. The smallest absolute Gasteiger partial charge is 0.229 e. The minimum atomic E-state index is -0.0413. The monoisotopic (exact) mass is 209 g/mol. The molecule has 82 valence electrons. The Morgan fingerprint density at radius 2 is 2.33 bits per heavy atom. The highest BCUT2D eigenvalue weighted by molar-refractivity contribution is 5.01. The quantitative estimate of drug-likeness (QED) is 0.795. The van der Waals surface area contributed by atoms with Crippen molar-refractivity contribution in [3.8, 4) is 0 Å². The third-order valence-electron chi connectivity index (χ3n) is 2.96. The molecule has 15 heavy (non-hydrogen) atoms. The van der Waals surface area contributed by atoms with E-state index in [0.29, 0.717) is 18.3 Å². The molecule has 0 radical (unpaired) electrons. The lowest BCUT2D eigenvalue weighted by Gasteiger charge is -2.38. The van der Waals surface area contributed by atoms with Crippen molar-refractivity contribution in [2.75, 3.05) is 13.1 Å². The summed E-state index contributed by atoms with van der Waals surface area (Å²) in [5.41, 5.74) is -0.0413. The summed E-state index contributed by atoms with van der Waals surface area (Å²) in [4.78, 5) is 4.31. The van der Waals surface area contributed by atoms with Gasteiger partial charge in [0.15, 0.2) is 5.82 Å². The van der Waals surface area contributed by atoms with Crippen LogP contribution in [0.2, 0.25) is 0 Å². The first kappa shape index (κ1) is 9.30. The van der Waals surface area contributed by atoms with Crippen LogP contribution in [0.25, 0.3) is 0 Å². The summed E-state index contributed by atoms with van der Waals surface area (Å²) in [6, 6.07) is 0. The third kappa shape index (κ3) is 1.89. The zero-order valence-electron chi connectivity index (χ0n) is 8.82. The van der Waals surface area contributed by atoms with E-state index in [1.807, 2.05) is 0 Å². The molecule has 1 saturated heterocycles. The first-order valence-corrected chi connectivity index (χ1v) is 5.42. The van der Waals surface area contributed by atoms with Crippen LogP contribution < -0.4 is 5.32 Å². The molecule has 0 bridgehead atoms. The molecule has 2 heterocycles. The van der Waals surface area contributed by atoms with Gasteiger partial charge in [0.05, 0.1) is 5.60 Å². The van der Waals surface area contributed by atoms with Crippen LogP contribution in [0.15, 0.2) is 4.52 Å². The van der Waals surface area contributed by atoms with Gasteiger partial charge in [-0.1, -0.05) is 5.16 Å². The zero-order valence-corrected chi connectivity index (χ0v) is 8.82. The molecular weight excluding hydrogens is 194 g/mol. The summed E-state index contributed by atoms with van der Waals surface area (Å²) in [5, 5.41) is 7.09. The van der Waals surface area contributed by atoms with Gasteiger partial charge in [0.25, 0.3) is 0 Å². The van der Waals surface area contributed by atoms with Gasteiger partial charge in [-0.3, -0.25) is 0 Å². The van der Waals surface area contributed by atoms with E-state index in [1.165, 1.54) is 12.8 Å². The van der Waals surface area contributed by atoms with Crippen LogP contribution in [0.4, 0.5) is 0 Å². The van der Waals surface area contributed by atoms with Crippen molar-refractivity contribution in [2.45, 2.75) is 37.9 Å². The number of hydrogen-bond acceptors (Lipinski definition) is 5. The molecule has 0 spiro atoms. The average Bonchev–Trinajstić information content (AvgIpc) is 2.93. The van der Waals surface area contributed by atoms with Gasteiger partial charge in [-0.25, -0.2) is 0 Å². The maximum Gasteiger partial charge on any atom is 0.229 e. The molecule has 0 amide bonds. The molecule has 1 N–H and O–H groups in total. The highest BCUT2D eigenvalue weighted by Crippen LogP contribution is 2.38. The van der Waals surface area contributed by atoms with Gasteiger partial charge < -0.3 is 14.6 Å². The molecule has 5 heteroatoms. The zero-order chi connectivity index (χ0) is 10.3. The Morgan fingerprint density at radius 3 is 2.93 bits per heavy atom. The number of nitrogens with one attached hydrogen (secondary N) is 1. The molecule has 2 aliphatic rings. The Kier molecular flexibility index (Phi) is 2.03. The fourth-order valence-electron chi connectivity index (χ4n) is 1.64. The molecule has 0 unspecified atom stereocenters. The lowest BCUT2D eigenvalue weighted by atomic mass is 10.0. The van der Waals surface area contributed by atoms with Crippen molar-refractivity contribution in [2.24, 2.45) is 0 Å². The van der Waals surface area contributed by atoms with E-state index in [0.717, 1.165) is 19.0 Å². The first-order valence-electron chi connectivity index (χ1n) is 5.42. The molecule has 3 rings (SSSR count). The van der Waals surface area contributed by atoms with E-state index in [2.05, 4.69) is 22.4 Å². The van der Waals surface area contributed by atoms with E-state index in [1.54, 1.807) is 0 Å². The second-order valence-electron chi connectivity index (χ2n) is 4.67. The summed E-state index contributed by atoms with van der Waals surface area (Å²) in [6.45, 7) is 4.35. The molecule has 1 aromatic rings. The predicted molar refractivity (Wildman–Crippen MR) is 52.3 cm³/mol. The van der Waals surface area contributed by atoms with E-state index in [9.17, 15) is 0 Å². The summed E-state index contributed by atoms with van der Waals surface area (Å²) in [6.07, 6.45) is 2.37. The van der Waals surface area contributed by atoms with Crippen molar-refractivity contribution in [3.63, 3.8) is 0 Å². The SMILES string of the molecule is CC1(OCc2noc(C3CC3)n2)CNC1. The van der Waals surface area contributed by atoms with Crippen LogP contribution in [0.1, 0.15) is 37.4 Å². The van der Waals surface area contributed by atoms with Gasteiger partial charge in [-0.15, -0.1) is 0 Å². The van der Waals surface area contributed by atoms with E-state index >= 15 is 0 Å². The Labute approximate surface area is 88.2 Å². The van der Waals surface area contributed by atoms with Crippen LogP contribution in [0.3, 0.4) is 0 Å². The third-order valence-corrected chi connectivity index (χ3v) is 2.96. The molecular formula is C10H15N3O2. The summed E-state index contributed by atoms with van der Waals surface area (Å²) >= 11 is 0. The van der Waals surface area contributed by atoms with Gasteiger partial charge in [0.1, 0.15) is 6.61 Å². The number of aromatic nitrogens is 2. The molecule has 1 aromatic heterocycles. The number of rotatable bonds is 4. The van der Waals surface area contributed by atoms with Crippen LogP contribution in [0, 0.1) is 0 Å². The summed E-state index contributed by atoms with van der Waals surface area (Å²) < 4.78 is 10.9. The fourth-order valence-corrected chi connectivity index (χ4v) is 1.64. The number of nitrogens with zero attached hydrogens (tertiary/aromatic N) is 2. The van der Waals surface area contributed by atoms with E-state index in [-0.39, 0.29) is 5.60 Å². The van der Waals surface area contributed by atoms with Gasteiger partial charge in [-0.05, 0) is 19.8 Å². The highest BCUT2D eigenvalue weighted by atomic mass is 16.5. The van der Waals surface area contributed by atoms with Crippen LogP contribution in [-0.2, 0) is 11.3 Å². The Morgan fingerprint density at radius 1 is 1.53 bits per heavy atom. The van der Waals surface area contributed by atoms with Gasteiger partial charge >= 0.3 is 0 Å². The summed E-state index contributed by atoms with van der Waals surface area (Å²) in [5.74, 6) is 1.97. The predicted octanol–water partition coefficient (Wildman–Crippen LogP) is 0.825. The van der Waals surface area contributed by atoms with Crippen molar-refractivity contribution in [1.82, 2.24) is 15.5 Å². The van der Waals surface area contributed by atoms with Gasteiger partial charge in [0, 0.05) is 19.0 Å². The maximum absolute atomic E-state index is 5.72. The Hall–Kier alpha value is -0.940. The molecule has 0 atom stereocenters. The molecule has 5 nitrogen and oxygen atoms in total. The first-order chi connectivity index (χ1) is 7.25. The minimum Gasteiger partial charge on any atom is -0.365 e. The molecule has 0 aromatic carbocycles. The Bertz CT molecular complexity index is 355. The fraction of sp³-hybridized carbons (Fsp3) is 0.800. The lowest BCUT2D eigenvalue weighted by molar-refractivity contribution is -0.0793. The van der Waals surface area contributed by atoms with Crippen molar-refractivity contribution in [3.05, 3.63) is 11.7 Å². The average molecular weight is 209 g/mol. The second kappa shape index (κ2) is 3.28. The van der Waals surface area contributed by atoms with Crippen LogP contribution in [-0.4, -0.2) is 28.8 Å². The normalized spacial score (nSPS) is 23.8. The van der Waals surface area contributed by atoms with E-state index < -0.39 is 0 Å². The van der Waals surface area contributed by atoms with Gasteiger partial charge in [-0.2, -0.15) is 4.98 Å². The molecule has 2 fully saturated rings. The molecule has 1 saturated carbocycles. The minimum absolute atomic E-state index is 0.0413. The standard InChI is InChI=1S/C10H15N3O2/c1-10(5-11-6-10)14-4-8-12-9(15-13-8)7-2-3-7/h7,11H,2-6H2,1H3. The van der Waals surface area contributed by atoms with Crippen LogP contribution in [0.5, 0.6) is 0 Å². The summed E-state index contributed by atoms with van der Waals surface area (Å²) in [7, 11) is 0. The van der Waals surface area contributed by atoms with Crippen molar-refractivity contribution >= 4 is 0 Å². The highest BCUT2D eigenvalue weighted by Gasteiger charge is 2.33. The maximum atomic E-state index is 5.72. The van der Waals surface area contributed by atoms with Crippen molar-refractivity contribution < 1.29 is 9.26 Å². The molecule has 1 aliphatic carbocycles. The van der Waals surface area contributed by atoms with Crippen molar-refractivity contribution in [1.29, 1.82) is 0 Å². The van der Waals surface area contributed by atoms with Gasteiger partial charge in [0.2, 0.25) is 5.89 Å². The van der Waals surface area contributed by atoms with Crippen LogP contribution >= 0.6 is 0 Å². The number of ether oxygens (including phenoxy) is 1. The largest absolute Gasteiger partial charge is 0.365 e. The molecule has 1 aliphatic heterocycles. The lowest BCUT2D eigenvalue weighted by Crippen LogP contribution is -2.58. The second-order valence-corrected chi connectivity index (χ2v) is 4.67.